The van der Waals surface area contributed by atoms with Crippen molar-refractivity contribution in [2.45, 2.75) is 25.6 Å². The fourth-order valence-electron chi connectivity index (χ4n) is 1.62. The number of hydrogen-bond acceptors (Lipinski definition) is 3. The van der Waals surface area contributed by atoms with Gasteiger partial charge in [0, 0.05) is 11.4 Å². The summed E-state index contributed by atoms with van der Waals surface area (Å²) in [4.78, 5) is 0. The molecule has 1 unspecified atom stereocenters. The van der Waals surface area contributed by atoms with E-state index in [0.717, 1.165) is 10.9 Å². The molecule has 92 valence electrons. The molecule has 0 amide bonds. The van der Waals surface area contributed by atoms with Gasteiger partial charge < -0.3 is 5.32 Å². The molecular weight excluding hydrogens is 249 g/mol. The maximum Gasteiger partial charge on any atom is 0.391 e. The van der Waals surface area contributed by atoms with E-state index in [-0.39, 0.29) is 0 Å². The van der Waals surface area contributed by atoms with Gasteiger partial charge in [-0.1, -0.05) is 12.1 Å². The molecule has 0 saturated heterocycles. The lowest BCUT2D eigenvalue weighted by Crippen LogP contribution is -2.23. The minimum Gasteiger partial charge on any atom is -0.372 e. The highest BCUT2D eigenvalue weighted by atomic mass is 32.1. The maximum atomic E-state index is 12.2. The van der Waals surface area contributed by atoms with Gasteiger partial charge in [-0.05, 0) is 30.6 Å². The zero-order valence-corrected chi connectivity index (χ0v) is 9.90. The van der Waals surface area contributed by atoms with Gasteiger partial charge >= 0.3 is 6.18 Å². The van der Waals surface area contributed by atoms with Crippen LogP contribution in [0.4, 0.5) is 18.2 Å². The number of rotatable bonds is 3. The van der Waals surface area contributed by atoms with Crippen LogP contribution >= 0.6 is 11.5 Å². The molecule has 0 saturated carbocycles. The van der Waals surface area contributed by atoms with Gasteiger partial charge in [0.25, 0.3) is 0 Å². The number of nitrogens with zero attached hydrogens (tertiary/aromatic N) is 1. The van der Waals surface area contributed by atoms with Crippen molar-refractivity contribution in [3.05, 3.63) is 24.3 Å². The molecule has 1 heterocycles. The molecule has 0 radical (unpaired) electrons. The molecule has 0 aliphatic heterocycles. The van der Waals surface area contributed by atoms with Gasteiger partial charge in [0.2, 0.25) is 0 Å². The molecule has 1 N–H and O–H groups in total. The van der Waals surface area contributed by atoms with E-state index in [1.807, 2.05) is 24.3 Å². The van der Waals surface area contributed by atoms with Gasteiger partial charge in [0.15, 0.2) is 0 Å². The molecule has 6 heteroatoms. The van der Waals surface area contributed by atoms with Crippen molar-refractivity contribution in [3.8, 4) is 0 Å². The van der Waals surface area contributed by atoms with Crippen molar-refractivity contribution in [3.63, 3.8) is 0 Å². The van der Waals surface area contributed by atoms with Crippen LogP contribution in [0.25, 0.3) is 10.9 Å². The average molecular weight is 260 g/mol. The molecule has 17 heavy (non-hydrogen) atoms. The zero-order chi connectivity index (χ0) is 12.5. The predicted molar refractivity (Wildman–Crippen MR) is 63.4 cm³/mol. The Balaban J connectivity index is 2.13. The minimum absolute atomic E-state index is 0.654. The third-order valence-electron chi connectivity index (χ3n) is 2.30. The highest BCUT2D eigenvalue weighted by Gasteiger charge is 2.30. The van der Waals surface area contributed by atoms with Crippen LogP contribution in [-0.2, 0) is 0 Å². The third kappa shape index (κ3) is 3.09. The van der Waals surface area contributed by atoms with Gasteiger partial charge in [0.1, 0.15) is 5.00 Å². The van der Waals surface area contributed by atoms with E-state index < -0.39 is 18.6 Å². The summed E-state index contributed by atoms with van der Waals surface area (Å²) in [5.74, 6) is 0. The van der Waals surface area contributed by atoms with Crippen LogP contribution in [0.15, 0.2) is 24.3 Å². The van der Waals surface area contributed by atoms with Crippen molar-refractivity contribution in [1.29, 1.82) is 0 Å². The molecule has 0 spiro atoms. The number of benzene rings is 1. The number of halogens is 3. The number of hydrogen-bond donors (Lipinski definition) is 1. The highest BCUT2D eigenvalue weighted by Crippen LogP contribution is 2.30. The van der Waals surface area contributed by atoms with Gasteiger partial charge in [-0.2, -0.15) is 17.5 Å². The zero-order valence-electron chi connectivity index (χ0n) is 9.08. The molecule has 0 aliphatic rings. The van der Waals surface area contributed by atoms with E-state index >= 15 is 0 Å². The molecule has 0 aliphatic carbocycles. The lowest BCUT2D eigenvalue weighted by molar-refractivity contribution is -0.136. The first-order valence-corrected chi connectivity index (χ1v) is 5.91. The second-order valence-corrected chi connectivity index (χ2v) is 4.67. The molecule has 1 aromatic carbocycles. The highest BCUT2D eigenvalue weighted by molar-refractivity contribution is 7.11. The Morgan fingerprint density at radius 3 is 2.76 bits per heavy atom. The second-order valence-electron chi connectivity index (χ2n) is 3.89. The fourth-order valence-corrected chi connectivity index (χ4v) is 2.49. The maximum absolute atomic E-state index is 12.2. The Morgan fingerprint density at radius 2 is 2.06 bits per heavy atom. The summed E-state index contributed by atoms with van der Waals surface area (Å²) in [5, 5.41) is 4.42. The van der Waals surface area contributed by atoms with Gasteiger partial charge in [0.05, 0.1) is 11.9 Å². The average Bonchev–Trinajstić information content (AvgIpc) is 2.59. The largest absolute Gasteiger partial charge is 0.391 e. The summed E-state index contributed by atoms with van der Waals surface area (Å²) in [6.45, 7) is 1.52. The summed E-state index contributed by atoms with van der Waals surface area (Å²) in [7, 11) is 0. The van der Waals surface area contributed by atoms with E-state index in [1.165, 1.54) is 18.5 Å². The summed E-state index contributed by atoms with van der Waals surface area (Å²) in [6, 6.07) is 6.73. The molecule has 2 rings (SSSR count). The van der Waals surface area contributed by atoms with Crippen LogP contribution < -0.4 is 5.32 Å². The Kier molecular flexibility index (Phi) is 3.24. The Morgan fingerprint density at radius 1 is 1.35 bits per heavy atom. The van der Waals surface area contributed by atoms with Gasteiger partial charge in [-0.15, -0.1) is 0 Å². The van der Waals surface area contributed by atoms with Crippen LogP contribution in [0.5, 0.6) is 0 Å². The molecule has 0 fully saturated rings. The third-order valence-corrected chi connectivity index (χ3v) is 3.11. The van der Waals surface area contributed by atoms with E-state index in [2.05, 4.69) is 9.69 Å². The van der Waals surface area contributed by atoms with Gasteiger partial charge in [-0.3, -0.25) is 0 Å². The normalized spacial score (nSPS) is 13.9. The van der Waals surface area contributed by atoms with E-state index in [1.54, 1.807) is 0 Å². The first kappa shape index (κ1) is 12.2. The summed E-state index contributed by atoms with van der Waals surface area (Å²) < 4.78 is 40.8. The van der Waals surface area contributed by atoms with Crippen molar-refractivity contribution in [2.75, 3.05) is 5.32 Å². The van der Waals surface area contributed by atoms with Crippen LogP contribution in [0.2, 0.25) is 0 Å². The topological polar surface area (TPSA) is 24.9 Å². The minimum atomic E-state index is -4.15. The van der Waals surface area contributed by atoms with E-state index in [4.69, 9.17) is 0 Å². The molecule has 1 atom stereocenters. The van der Waals surface area contributed by atoms with Crippen LogP contribution in [0.1, 0.15) is 13.3 Å². The quantitative estimate of drug-likeness (QED) is 0.900. The van der Waals surface area contributed by atoms with Crippen molar-refractivity contribution in [2.24, 2.45) is 0 Å². The van der Waals surface area contributed by atoms with E-state index in [0.29, 0.717) is 5.00 Å². The Bertz CT molecular complexity index is 507. The summed E-state index contributed by atoms with van der Waals surface area (Å²) in [5.41, 5.74) is 0.805. The molecule has 0 bridgehead atoms. The van der Waals surface area contributed by atoms with Crippen LogP contribution in [0.3, 0.4) is 0 Å². The lowest BCUT2D eigenvalue weighted by atomic mass is 10.2. The standard InChI is InChI=1S/C11H11F3N2S/c1-7(6-11(12,13)14)15-10-8-4-2-3-5-9(8)16-17-10/h2-5,7,15H,6H2,1H3. The lowest BCUT2D eigenvalue weighted by Gasteiger charge is -2.15. The Labute approximate surface area is 101 Å². The SMILES string of the molecule is CC(CC(F)(F)F)Nc1snc2ccccc12. The number of nitrogens with one attached hydrogen (secondary N) is 1. The molecule has 2 aromatic rings. The first-order chi connectivity index (χ1) is 7.96. The molecular formula is C11H11F3N2S. The number of anilines is 1. The van der Waals surface area contributed by atoms with Crippen molar-refractivity contribution < 1.29 is 13.2 Å². The monoisotopic (exact) mass is 260 g/mol. The van der Waals surface area contributed by atoms with Gasteiger partial charge in [-0.25, -0.2) is 0 Å². The molecule has 2 nitrogen and oxygen atoms in total. The fraction of sp³-hybridized carbons (Fsp3) is 0.364. The number of aromatic nitrogens is 1. The smallest absolute Gasteiger partial charge is 0.372 e. The molecule has 1 aromatic heterocycles. The summed E-state index contributed by atoms with van der Waals surface area (Å²) >= 11 is 1.19. The Hall–Kier alpha value is -1.30. The summed E-state index contributed by atoms with van der Waals surface area (Å²) in [6.07, 6.45) is -4.99. The van der Waals surface area contributed by atoms with Crippen molar-refractivity contribution in [1.82, 2.24) is 4.37 Å². The second kappa shape index (κ2) is 4.52. The number of alkyl halides is 3. The van der Waals surface area contributed by atoms with Crippen molar-refractivity contribution >= 4 is 27.4 Å². The van der Waals surface area contributed by atoms with Crippen LogP contribution in [-0.4, -0.2) is 16.6 Å². The predicted octanol–water partition coefficient (Wildman–Crippen LogP) is 4.05. The first-order valence-electron chi connectivity index (χ1n) is 5.13. The van der Waals surface area contributed by atoms with E-state index in [9.17, 15) is 13.2 Å². The number of fused-ring (bicyclic) bond motifs is 1. The van der Waals surface area contributed by atoms with Crippen LogP contribution in [0, 0.1) is 0 Å².